The average molecular weight is 212 g/mol. The van der Waals surface area contributed by atoms with E-state index in [-0.39, 0.29) is 0 Å². The van der Waals surface area contributed by atoms with Gasteiger partial charge in [0.15, 0.2) is 0 Å². The van der Waals surface area contributed by atoms with Crippen molar-refractivity contribution in [2.24, 2.45) is 5.73 Å². The summed E-state index contributed by atoms with van der Waals surface area (Å²) in [7, 11) is -4.23. The van der Waals surface area contributed by atoms with Crippen LogP contribution in [0.4, 0.5) is 0 Å². The third-order valence-corrected chi connectivity index (χ3v) is 1.90. The molecule has 0 fully saturated rings. The second-order valence-corrected chi connectivity index (χ2v) is 4.29. The largest absolute Gasteiger partial charge is 0.391 e. The van der Waals surface area contributed by atoms with E-state index < -0.39 is 31.9 Å². The van der Waals surface area contributed by atoms with Crippen LogP contribution in [0.1, 0.15) is 6.92 Å². The summed E-state index contributed by atoms with van der Waals surface area (Å²) >= 11 is 0. The molecule has 13 heavy (non-hydrogen) atoms. The highest BCUT2D eigenvalue weighted by molar-refractivity contribution is 7.51. The van der Waals surface area contributed by atoms with Crippen LogP contribution in [-0.2, 0) is 9.36 Å². The molecule has 0 saturated heterocycles. The first kappa shape index (κ1) is 12.5. The van der Waals surface area contributed by atoms with Crippen molar-refractivity contribution in [3.05, 3.63) is 0 Å². The van der Waals surface area contributed by atoms with Crippen LogP contribution in [0.5, 0.6) is 0 Å². The Kier molecular flexibility index (Phi) is 4.52. The Balaban J connectivity index is 4.14. The van der Waals surface area contributed by atoms with Crippen LogP contribution in [0.15, 0.2) is 0 Å². The molecule has 6 N–H and O–H groups in total. The standard InChI is InChI=1S/C5H13N2O5P/c1-3(8)4(5(6)9)7-2-13(10,11)12/h3-4,7-8H,2H2,1H3,(H2,6,9)(H2,10,11,12). The highest BCUT2D eigenvalue weighted by Crippen LogP contribution is 2.32. The molecule has 0 aromatic carbocycles. The van der Waals surface area contributed by atoms with Crippen molar-refractivity contribution < 1.29 is 24.3 Å². The van der Waals surface area contributed by atoms with Crippen LogP contribution in [0, 0.1) is 0 Å². The maximum atomic E-state index is 10.6. The highest BCUT2D eigenvalue weighted by atomic mass is 31.2. The topological polar surface area (TPSA) is 133 Å². The van der Waals surface area contributed by atoms with Crippen LogP contribution in [0.25, 0.3) is 0 Å². The number of hydrogen-bond donors (Lipinski definition) is 5. The maximum Gasteiger partial charge on any atom is 0.339 e. The Labute approximate surface area is 75.1 Å². The number of hydrogen-bond acceptors (Lipinski definition) is 4. The molecule has 1 amide bonds. The van der Waals surface area contributed by atoms with E-state index >= 15 is 0 Å². The Hall–Kier alpha value is -0.460. The zero-order chi connectivity index (χ0) is 10.6. The molecule has 0 aromatic heterocycles. The van der Waals surface area contributed by atoms with Crippen LogP contribution in [0.3, 0.4) is 0 Å². The first-order valence-corrected chi connectivity index (χ1v) is 5.29. The van der Waals surface area contributed by atoms with E-state index in [0.717, 1.165) is 0 Å². The minimum Gasteiger partial charge on any atom is -0.391 e. The summed E-state index contributed by atoms with van der Waals surface area (Å²) in [6.45, 7) is 1.29. The predicted octanol–water partition coefficient (Wildman–Crippen LogP) is -2.05. The molecule has 0 aliphatic carbocycles. The van der Waals surface area contributed by atoms with Gasteiger partial charge >= 0.3 is 7.60 Å². The van der Waals surface area contributed by atoms with Crippen molar-refractivity contribution in [2.45, 2.75) is 19.1 Å². The van der Waals surface area contributed by atoms with Gasteiger partial charge < -0.3 is 20.6 Å². The molecule has 2 unspecified atom stereocenters. The molecule has 2 atom stereocenters. The minimum absolute atomic E-state index is 0.689. The van der Waals surface area contributed by atoms with Gasteiger partial charge in [0.25, 0.3) is 0 Å². The van der Waals surface area contributed by atoms with Gasteiger partial charge in [-0.1, -0.05) is 0 Å². The summed E-state index contributed by atoms with van der Waals surface area (Å²) in [5.41, 5.74) is 4.85. The smallest absolute Gasteiger partial charge is 0.339 e. The number of nitrogens with two attached hydrogens (primary N) is 1. The van der Waals surface area contributed by atoms with Gasteiger partial charge in [-0.15, -0.1) is 0 Å². The van der Waals surface area contributed by atoms with Crippen molar-refractivity contribution in [1.29, 1.82) is 0 Å². The molecule has 0 aliphatic rings. The van der Waals surface area contributed by atoms with E-state index in [2.05, 4.69) is 5.32 Å². The lowest BCUT2D eigenvalue weighted by molar-refractivity contribution is -0.122. The van der Waals surface area contributed by atoms with Crippen molar-refractivity contribution >= 4 is 13.5 Å². The Bertz CT molecular complexity index is 225. The lowest BCUT2D eigenvalue weighted by Gasteiger charge is -2.17. The molecule has 0 aromatic rings. The van der Waals surface area contributed by atoms with Crippen LogP contribution in [0.2, 0.25) is 0 Å². The van der Waals surface area contributed by atoms with Gasteiger partial charge in [0.1, 0.15) is 6.04 Å². The van der Waals surface area contributed by atoms with E-state index in [9.17, 15) is 9.36 Å². The summed E-state index contributed by atoms with van der Waals surface area (Å²) in [6.07, 6.45) is -1.78. The van der Waals surface area contributed by atoms with E-state index in [1.807, 2.05) is 0 Å². The fraction of sp³-hybridized carbons (Fsp3) is 0.800. The minimum atomic E-state index is -4.23. The molecule has 0 radical (unpaired) electrons. The van der Waals surface area contributed by atoms with Gasteiger partial charge in [-0.3, -0.25) is 14.7 Å². The molecule has 0 saturated carbocycles. The normalized spacial score (nSPS) is 16.6. The number of aliphatic hydroxyl groups is 1. The molecule has 8 heteroatoms. The van der Waals surface area contributed by atoms with Crippen molar-refractivity contribution in [1.82, 2.24) is 5.32 Å². The van der Waals surface area contributed by atoms with Gasteiger partial charge in [-0.25, -0.2) is 0 Å². The van der Waals surface area contributed by atoms with Crippen LogP contribution >= 0.6 is 7.60 Å². The molecular formula is C5H13N2O5P. The lowest BCUT2D eigenvalue weighted by Crippen LogP contribution is -2.48. The van der Waals surface area contributed by atoms with Crippen LogP contribution < -0.4 is 11.1 Å². The predicted molar refractivity (Wildman–Crippen MR) is 44.7 cm³/mol. The molecule has 0 aliphatic heterocycles. The Morgan fingerprint density at radius 3 is 2.31 bits per heavy atom. The number of aliphatic hydroxyl groups excluding tert-OH is 1. The summed E-state index contributed by atoms with van der Waals surface area (Å²) < 4.78 is 10.4. The molecule has 7 nitrogen and oxygen atoms in total. The van der Waals surface area contributed by atoms with Gasteiger partial charge in [0, 0.05) is 0 Å². The van der Waals surface area contributed by atoms with Gasteiger partial charge in [0.05, 0.1) is 12.4 Å². The van der Waals surface area contributed by atoms with Crippen molar-refractivity contribution in [3.63, 3.8) is 0 Å². The van der Waals surface area contributed by atoms with E-state index in [0.29, 0.717) is 0 Å². The zero-order valence-corrected chi connectivity index (χ0v) is 7.94. The quantitative estimate of drug-likeness (QED) is 0.333. The Morgan fingerprint density at radius 2 is 2.08 bits per heavy atom. The third kappa shape index (κ3) is 5.73. The summed E-state index contributed by atoms with van der Waals surface area (Å²) in [5.74, 6) is -0.858. The first-order valence-electron chi connectivity index (χ1n) is 3.49. The number of nitrogens with one attached hydrogen (secondary N) is 1. The molecule has 0 heterocycles. The SMILES string of the molecule is CC(O)C(NCP(=O)(O)O)C(N)=O. The summed E-state index contributed by atoms with van der Waals surface area (Å²) in [5, 5.41) is 11.1. The first-order chi connectivity index (χ1) is 5.74. The van der Waals surface area contributed by atoms with Crippen molar-refractivity contribution in [2.75, 3.05) is 6.29 Å². The second kappa shape index (κ2) is 4.69. The zero-order valence-electron chi connectivity index (χ0n) is 7.04. The number of carbonyl (C=O) groups excluding carboxylic acids is 1. The number of rotatable bonds is 5. The molecule has 78 valence electrons. The van der Waals surface area contributed by atoms with Gasteiger partial charge in [-0.05, 0) is 6.92 Å². The van der Waals surface area contributed by atoms with Gasteiger partial charge in [0.2, 0.25) is 5.91 Å². The summed E-state index contributed by atoms with van der Waals surface area (Å²) in [4.78, 5) is 27.5. The van der Waals surface area contributed by atoms with E-state index in [1.54, 1.807) is 0 Å². The molecule has 0 bridgehead atoms. The third-order valence-electron chi connectivity index (χ3n) is 1.31. The number of primary amides is 1. The second-order valence-electron chi connectivity index (χ2n) is 2.65. The molecular weight excluding hydrogens is 199 g/mol. The van der Waals surface area contributed by atoms with Gasteiger partial charge in [-0.2, -0.15) is 0 Å². The Morgan fingerprint density at radius 1 is 1.62 bits per heavy atom. The van der Waals surface area contributed by atoms with E-state index in [1.165, 1.54) is 6.92 Å². The summed E-state index contributed by atoms with van der Waals surface area (Å²) in [6, 6.07) is -1.15. The monoisotopic (exact) mass is 212 g/mol. The van der Waals surface area contributed by atoms with Crippen LogP contribution in [-0.4, -0.2) is 39.2 Å². The highest BCUT2D eigenvalue weighted by Gasteiger charge is 2.23. The van der Waals surface area contributed by atoms with E-state index in [4.69, 9.17) is 20.6 Å². The maximum absolute atomic E-state index is 10.6. The number of carbonyl (C=O) groups is 1. The molecule has 0 spiro atoms. The average Bonchev–Trinajstić information content (AvgIpc) is 1.82. The number of amides is 1. The molecule has 0 rings (SSSR count). The lowest BCUT2D eigenvalue weighted by atomic mass is 10.2. The fourth-order valence-electron chi connectivity index (χ4n) is 0.726. The fourth-order valence-corrected chi connectivity index (χ4v) is 1.16. The van der Waals surface area contributed by atoms with Crippen molar-refractivity contribution in [3.8, 4) is 0 Å².